The molecule has 31 heavy (non-hydrogen) atoms. The van der Waals surface area contributed by atoms with E-state index < -0.39 is 0 Å². The Hall–Kier alpha value is -2.05. The Labute approximate surface area is 189 Å². The number of anilines is 1. The van der Waals surface area contributed by atoms with E-state index in [1.165, 1.54) is 37.1 Å². The number of halogens is 1. The summed E-state index contributed by atoms with van der Waals surface area (Å²) in [6.45, 7) is 6.66. The Bertz CT molecular complexity index is 961. The average Bonchev–Trinajstić information content (AvgIpc) is 3.19. The van der Waals surface area contributed by atoms with Gasteiger partial charge in [-0.05, 0) is 55.5 Å². The van der Waals surface area contributed by atoms with Crippen LogP contribution in [0.15, 0.2) is 42.7 Å². The van der Waals surface area contributed by atoms with Crippen LogP contribution >= 0.6 is 11.9 Å². The number of aromatic amines is 1. The molecule has 4 rings (SSSR count). The van der Waals surface area contributed by atoms with Crippen molar-refractivity contribution in [2.24, 2.45) is 5.92 Å². The molecule has 0 aliphatic carbocycles. The van der Waals surface area contributed by atoms with Gasteiger partial charge in [-0.15, -0.1) is 0 Å². The van der Waals surface area contributed by atoms with E-state index in [1.807, 2.05) is 30.4 Å². The number of pyridine rings is 1. The van der Waals surface area contributed by atoms with E-state index in [-0.39, 0.29) is 5.82 Å². The Morgan fingerprint density at radius 1 is 1.19 bits per heavy atom. The first-order valence-electron chi connectivity index (χ1n) is 11.5. The number of unbranched alkanes of at least 4 members (excludes halogenated alkanes) is 1. The van der Waals surface area contributed by atoms with Gasteiger partial charge in [0.05, 0.1) is 0 Å². The smallest absolute Gasteiger partial charge is 0.128 e. The summed E-state index contributed by atoms with van der Waals surface area (Å²) < 4.78 is 17.1. The van der Waals surface area contributed by atoms with Crippen LogP contribution in [0.4, 0.5) is 10.2 Å². The molecule has 1 aliphatic rings. The van der Waals surface area contributed by atoms with Crippen molar-refractivity contribution in [2.45, 2.75) is 52.0 Å². The highest BCUT2D eigenvalue weighted by molar-refractivity contribution is 7.97. The van der Waals surface area contributed by atoms with Crippen molar-refractivity contribution >= 4 is 28.7 Å². The lowest BCUT2D eigenvalue weighted by molar-refractivity contribution is 0.476. The van der Waals surface area contributed by atoms with Crippen LogP contribution in [0.3, 0.4) is 0 Å². The van der Waals surface area contributed by atoms with Crippen LogP contribution in [0, 0.1) is 11.7 Å². The molecule has 1 aliphatic heterocycles. The zero-order valence-electron chi connectivity index (χ0n) is 18.5. The number of hydrogen-bond acceptors (Lipinski definition) is 4. The normalized spacial score (nSPS) is 15.3. The van der Waals surface area contributed by atoms with Crippen molar-refractivity contribution in [1.82, 2.24) is 14.7 Å². The quantitative estimate of drug-likeness (QED) is 0.298. The number of rotatable bonds is 9. The van der Waals surface area contributed by atoms with Crippen molar-refractivity contribution in [1.29, 1.82) is 0 Å². The Morgan fingerprint density at radius 2 is 2.03 bits per heavy atom. The molecular weight excluding hydrogens is 407 g/mol. The maximum Gasteiger partial charge on any atom is 0.128 e. The Morgan fingerprint density at radius 3 is 2.77 bits per heavy atom. The first-order chi connectivity index (χ1) is 15.1. The van der Waals surface area contributed by atoms with Crippen LogP contribution in [-0.2, 0) is 0 Å². The maximum absolute atomic E-state index is 13.4. The minimum atomic E-state index is -0.225. The zero-order chi connectivity index (χ0) is 21.6. The monoisotopic (exact) mass is 440 g/mol. The fraction of sp³-hybridized carbons (Fsp3) is 0.480. The van der Waals surface area contributed by atoms with Gasteiger partial charge in [-0.2, -0.15) is 0 Å². The van der Waals surface area contributed by atoms with Gasteiger partial charge in [0.1, 0.15) is 11.6 Å². The third kappa shape index (κ3) is 5.80. The van der Waals surface area contributed by atoms with Gasteiger partial charge in [-0.25, -0.2) is 9.37 Å². The van der Waals surface area contributed by atoms with Crippen LogP contribution in [0.25, 0.3) is 22.0 Å². The summed E-state index contributed by atoms with van der Waals surface area (Å²) in [5.41, 5.74) is 2.92. The van der Waals surface area contributed by atoms with Gasteiger partial charge in [-0.1, -0.05) is 38.6 Å². The highest BCUT2D eigenvalue weighted by Gasteiger charge is 2.20. The number of fused-ring (bicyclic) bond motifs is 1. The van der Waals surface area contributed by atoms with Crippen molar-refractivity contribution < 1.29 is 4.39 Å². The zero-order valence-corrected chi connectivity index (χ0v) is 19.4. The predicted molar refractivity (Wildman–Crippen MR) is 131 cm³/mol. The summed E-state index contributed by atoms with van der Waals surface area (Å²) in [6.07, 6.45) is 10.1. The molecule has 0 amide bonds. The van der Waals surface area contributed by atoms with Crippen LogP contribution in [0.2, 0.25) is 0 Å². The van der Waals surface area contributed by atoms with Gasteiger partial charge in [0.25, 0.3) is 0 Å². The van der Waals surface area contributed by atoms with Gasteiger partial charge in [0.2, 0.25) is 0 Å². The lowest BCUT2D eigenvalue weighted by Gasteiger charge is -2.33. The molecule has 2 N–H and O–H groups in total. The molecule has 0 bridgehead atoms. The van der Waals surface area contributed by atoms with E-state index in [0.29, 0.717) is 6.04 Å². The molecule has 1 saturated heterocycles. The van der Waals surface area contributed by atoms with Crippen LogP contribution < -0.4 is 9.62 Å². The van der Waals surface area contributed by atoms with E-state index in [2.05, 4.69) is 40.6 Å². The molecule has 0 unspecified atom stereocenters. The number of H-pyrrole nitrogens is 1. The largest absolute Gasteiger partial charge is 0.360 e. The van der Waals surface area contributed by atoms with Crippen LogP contribution in [0.5, 0.6) is 0 Å². The molecule has 0 saturated carbocycles. The fourth-order valence-corrected chi connectivity index (χ4v) is 5.14. The second-order valence-corrected chi connectivity index (χ2v) is 9.85. The minimum Gasteiger partial charge on any atom is -0.360 e. The number of benzene rings is 1. The molecule has 1 aromatic carbocycles. The number of aromatic nitrogens is 2. The second-order valence-electron chi connectivity index (χ2n) is 8.91. The van der Waals surface area contributed by atoms with Crippen molar-refractivity contribution in [3.63, 3.8) is 0 Å². The topological polar surface area (TPSA) is 44.0 Å². The molecule has 166 valence electrons. The summed E-state index contributed by atoms with van der Waals surface area (Å²) in [4.78, 5) is 10.3. The molecular formula is C25H33FN4S. The van der Waals surface area contributed by atoms with E-state index in [1.54, 1.807) is 0 Å². The fourth-order valence-electron chi connectivity index (χ4n) is 4.20. The van der Waals surface area contributed by atoms with Crippen molar-refractivity contribution in [3.05, 3.63) is 48.5 Å². The molecule has 0 atom stereocenters. The molecule has 2 aromatic heterocycles. The lowest BCUT2D eigenvalue weighted by atomic mass is 10.1. The molecule has 0 spiro atoms. The van der Waals surface area contributed by atoms with Gasteiger partial charge < -0.3 is 9.88 Å². The van der Waals surface area contributed by atoms with E-state index in [4.69, 9.17) is 4.98 Å². The van der Waals surface area contributed by atoms with E-state index in [9.17, 15) is 4.39 Å². The second kappa shape index (κ2) is 10.5. The van der Waals surface area contributed by atoms with Crippen molar-refractivity contribution in [2.75, 3.05) is 23.7 Å². The molecule has 3 heterocycles. The third-order valence-electron chi connectivity index (χ3n) is 6.05. The van der Waals surface area contributed by atoms with E-state index >= 15 is 0 Å². The Kier molecular flexibility index (Phi) is 7.51. The average molecular weight is 441 g/mol. The van der Waals surface area contributed by atoms with Crippen LogP contribution in [-0.4, -0.2) is 34.9 Å². The summed E-state index contributed by atoms with van der Waals surface area (Å²) >= 11 is 1.90. The highest BCUT2D eigenvalue weighted by Crippen LogP contribution is 2.30. The van der Waals surface area contributed by atoms with Gasteiger partial charge in [0, 0.05) is 59.3 Å². The lowest BCUT2D eigenvalue weighted by Crippen LogP contribution is -2.40. The standard InChI is InChI=1S/C25H33FN4S/c1-18(2)5-3-4-14-31-29-21-10-12-30(13-11-21)25-9-6-19(16-28-25)23-17-27-24-15-20(26)7-8-22(23)24/h6-9,15-18,21,27,29H,3-5,10-14H2,1-2H3. The summed E-state index contributed by atoms with van der Waals surface area (Å²) in [5.74, 6) is 2.83. The number of piperidine rings is 1. The van der Waals surface area contributed by atoms with Gasteiger partial charge in [0.15, 0.2) is 0 Å². The van der Waals surface area contributed by atoms with Crippen LogP contribution in [0.1, 0.15) is 46.0 Å². The maximum atomic E-state index is 13.4. The van der Waals surface area contributed by atoms with Gasteiger partial charge in [-0.3, -0.25) is 4.72 Å². The molecule has 3 aromatic rings. The minimum absolute atomic E-state index is 0.225. The first kappa shape index (κ1) is 22.2. The molecule has 0 radical (unpaired) electrons. The summed E-state index contributed by atoms with van der Waals surface area (Å²) in [7, 11) is 0. The molecule has 1 fully saturated rings. The molecule has 6 heteroatoms. The number of hydrogen-bond donors (Lipinski definition) is 2. The third-order valence-corrected chi connectivity index (χ3v) is 7.04. The Balaban J connectivity index is 1.26. The predicted octanol–water partition coefficient (Wildman–Crippen LogP) is 6.40. The van der Waals surface area contributed by atoms with Gasteiger partial charge >= 0.3 is 0 Å². The van der Waals surface area contributed by atoms with E-state index in [0.717, 1.165) is 59.7 Å². The number of nitrogens with zero attached hydrogens (tertiary/aromatic N) is 2. The number of nitrogens with one attached hydrogen (secondary N) is 2. The SMILES string of the molecule is CC(C)CCCCSNC1CCN(c2ccc(-c3c[nH]c4cc(F)ccc34)cn2)CC1. The molecule has 4 nitrogen and oxygen atoms in total. The summed E-state index contributed by atoms with van der Waals surface area (Å²) in [5, 5.41) is 1.02. The summed E-state index contributed by atoms with van der Waals surface area (Å²) in [6, 6.07) is 9.68. The van der Waals surface area contributed by atoms with Crippen molar-refractivity contribution in [3.8, 4) is 11.1 Å². The highest BCUT2D eigenvalue weighted by atomic mass is 32.2. The first-order valence-corrected chi connectivity index (χ1v) is 12.4.